The molecular formula is C11H16BrNO. The second kappa shape index (κ2) is 6.17. The van der Waals surface area contributed by atoms with Crippen molar-refractivity contribution in [2.45, 2.75) is 13.5 Å². The van der Waals surface area contributed by atoms with Crippen LogP contribution in [0.25, 0.3) is 0 Å². The van der Waals surface area contributed by atoms with Crippen LogP contribution in [0.1, 0.15) is 11.1 Å². The van der Waals surface area contributed by atoms with E-state index in [4.69, 9.17) is 4.74 Å². The summed E-state index contributed by atoms with van der Waals surface area (Å²) < 4.78 is 6.10. The van der Waals surface area contributed by atoms with E-state index >= 15 is 0 Å². The van der Waals surface area contributed by atoms with Gasteiger partial charge in [-0.1, -0.05) is 22.0 Å². The van der Waals surface area contributed by atoms with Gasteiger partial charge in [-0.15, -0.1) is 0 Å². The minimum absolute atomic E-state index is 0.757. The Morgan fingerprint density at radius 3 is 2.79 bits per heavy atom. The lowest BCUT2D eigenvalue weighted by molar-refractivity contribution is 0.199. The van der Waals surface area contributed by atoms with Crippen molar-refractivity contribution in [3.8, 4) is 0 Å². The van der Waals surface area contributed by atoms with E-state index in [1.165, 1.54) is 11.1 Å². The average molecular weight is 258 g/mol. The van der Waals surface area contributed by atoms with E-state index < -0.39 is 0 Å². The van der Waals surface area contributed by atoms with Crippen LogP contribution in [0.4, 0.5) is 0 Å². The van der Waals surface area contributed by atoms with Crippen LogP contribution < -0.4 is 5.32 Å². The first kappa shape index (κ1) is 11.7. The highest BCUT2D eigenvalue weighted by atomic mass is 79.9. The Bertz CT molecular complexity index is 268. The first-order valence-corrected chi connectivity index (χ1v) is 5.47. The van der Waals surface area contributed by atoms with Gasteiger partial charge in [-0.3, -0.25) is 0 Å². The highest BCUT2D eigenvalue weighted by molar-refractivity contribution is 9.10. The van der Waals surface area contributed by atoms with Crippen LogP contribution in [-0.4, -0.2) is 20.3 Å². The third-order valence-electron chi connectivity index (χ3n) is 1.91. The van der Waals surface area contributed by atoms with Crippen molar-refractivity contribution in [2.75, 3.05) is 20.3 Å². The van der Waals surface area contributed by atoms with Gasteiger partial charge in [0.1, 0.15) is 0 Å². The van der Waals surface area contributed by atoms with Crippen molar-refractivity contribution in [1.29, 1.82) is 0 Å². The second-order valence-electron chi connectivity index (χ2n) is 3.31. The molecule has 0 aliphatic carbocycles. The molecule has 0 saturated heterocycles. The normalized spacial score (nSPS) is 10.5. The Morgan fingerprint density at radius 1 is 1.36 bits per heavy atom. The zero-order chi connectivity index (χ0) is 10.4. The first-order valence-electron chi connectivity index (χ1n) is 4.68. The molecule has 0 aliphatic rings. The minimum atomic E-state index is 0.757. The number of aryl methyl sites for hydroxylation is 1. The highest BCUT2D eigenvalue weighted by Gasteiger charge is 1.96. The number of rotatable bonds is 5. The van der Waals surface area contributed by atoms with Crippen molar-refractivity contribution in [1.82, 2.24) is 5.32 Å². The van der Waals surface area contributed by atoms with E-state index in [9.17, 15) is 0 Å². The molecule has 0 saturated carbocycles. The number of hydrogen-bond donors (Lipinski definition) is 1. The summed E-state index contributed by atoms with van der Waals surface area (Å²) in [5, 5.41) is 3.31. The lowest BCUT2D eigenvalue weighted by atomic mass is 10.1. The van der Waals surface area contributed by atoms with Crippen LogP contribution >= 0.6 is 15.9 Å². The molecule has 0 bridgehead atoms. The molecule has 1 N–H and O–H groups in total. The van der Waals surface area contributed by atoms with Crippen LogP contribution in [0.5, 0.6) is 0 Å². The minimum Gasteiger partial charge on any atom is -0.383 e. The molecule has 0 unspecified atom stereocenters. The highest BCUT2D eigenvalue weighted by Crippen LogP contribution is 2.14. The zero-order valence-corrected chi connectivity index (χ0v) is 10.2. The largest absolute Gasteiger partial charge is 0.383 e. The van der Waals surface area contributed by atoms with Gasteiger partial charge in [0.15, 0.2) is 0 Å². The lowest BCUT2D eigenvalue weighted by Crippen LogP contribution is -2.18. The first-order chi connectivity index (χ1) is 6.72. The molecule has 78 valence electrons. The quantitative estimate of drug-likeness (QED) is 0.819. The van der Waals surface area contributed by atoms with Crippen LogP contribution in [0.15, 0.2) is 22.7 Å². The Morgan fingerprint density at radius 2 is 2.14 bits per heavy atom. The maximum Gasteiger partial charge on any atom is 0.0587 e. The summed E-state index contributed by atoms with van der Waals surface area (Å²) in [7, 11) is 1.71. The number of hydrogen-bond acceptors (Lipinski definition) is 2. The monoisotopic (exact) mass is 257 g/mol. The molecule has 14 heavy (non-hydrogen) atoms. The van der Waals surface area contributed by atoms with E-state index in [1.807, 2.05) is 0 Å². The Balaban J connectivity index is 2.42. The van der Waals surface area contributed by atoms with Gasteiger partial charge >= 0.3 is 0 Å². The predicted octanol–water partition coefficient (Wildman–Crippen LogP) is 2.49. The summed E-state index contributed by atoms with van der Waals surface area (Å²) in [6.07, 6.45) is 0. The zero-order valence-electron chi connectivity index (χ0n) is 8.64. The molecule has 0 atom stereocenters. The predicted molar refractivity (Wildman–Crippen MR) is 62.5 cm³/mol. The summed E-state index contributed by atoms with van der Waals surface area (Å²) in [5.41, 5.74) is 2.58. The number of ether oxygens (including phenoxy) is 1. The fourth-order valence-electron chi connectivity index (χ4n) is 1.32. The van der Waals surface area contributed by atoms with Crippen molar-refractivity contribution < 1.29 is 4.74 Å². The number of methoxy groups -OCH3 is 1. The molecule has 0 amide bonds. The van der Waals surface area contributed by atoms with Gasteiger partial charge < -0.3 is 10.1 Å². The van der Waals surface area contributed by atoms with Crippen LogP contribution in [0.3, 0.4) is 0 Å². The Kier molecular flexibility index (Phi) is 5.15. The van der Waals surface area contributed by atoms with Gasteiger partial charge in [-0.05, 0) is 30.2 Å². The van der Waals surface area contributed by atoms with Crippen molar-refractivity contribution in [2.24, 2.45) is 0 Å². The number of nitrogens with one attached hydrogen (secondary N) is 1. The van der Waals surface area contributed by atoms with Gasteiger partial charge in [0.2, 0.25) is 0 Å². The van der Waals surface area contributed by atoms with E-state index in [2.05, 4.69) is 46.4 Å². The van der Waals surface area contributed by atoms with Crippen molar-refractivity contribution in [3.05, 3.63) is 33.8 Å². The lowest BCUT2D eigenvalue weighted by Gasteiger charge is -2.05. The van der Waals surface area contributed by atoms with E-state index in [0.717, 1.165) is 24.2 Å². The SMILES string of the molecule is COCCNCc1cc(C)cc(Br)c1. The molecule has 0 heterocycles. The van der Waals surface area contributed by atoms with E-state index in [-0.39, 0.29) is 0 Å². The van der Waals surface area contributed by atoms with E-state index in [1.54, 1.807) is 7.11 Å². The van der Waals surface area contributed by atoms with Gasteiger partial charge in [0.25, 0.3) is 0 Å². The summed E-state index contributed by atoms with van der Waals surface area (Å²) in [4.78, 5) is 0. The number of halogens is 1. The Hall–Kier alpha value is -0.380. The fraction of sp³-hybridized carbons (Fsp3) is 0.455. The van der Waals surface area contributed by atoms with E-state index in [0.29, 0.717) is 0 Å². The molecule has 0 fully saturated rings. The van der Waals surface area contributed by atoms with Crippen LogP contribution in [0.2, 0.25) is 0 Å². The van der Waals surface area contributed by atoms with Crippen LogP contribution in [0, 0.1) is 6.92 Å². The third-order valence-corrected chi connectivity index (χ3v) is 2.37. The Labute approximate surface area is 93.8 Å². The maximum absolute atomic E-state index is 4.96. The second-order valence-corrected chi connectivity index (χ2v) is 4.22. The molecule has 2 nitrogen and oxygen atoms in total. The smallest absolute Gasteiger partial charge is 0.0587 e. The molecular weight excluding hydrogens is 242 g/mol. The summed E-state index contributed by atoms with van der Waals surface area (Å²) >= 11 is 3.48. The molecule has 1 aromatic rings. The third kappa shape index (κ3) is 4.22. The topological polar surface area (TPSA) is 21.3 Å². The van der Waals surface area contributed by atoms with Crippen molar-refractivity contribution >= 4 is 15.9 Å². The average Bonchev–Trinajstić information content (AvgIpc) is 2.11. The molecule has 1 rings (SSSR count). The van der Waals surface area contributed by atoms with Crippen molar-refractivity contribution in [3.63, 3.8) is 0 Å². The molecule has 0 spiro atoms. The molecule has 0 radical (unpaired) electrons. The standard InChI is InChI=1S/C11H16BrNO/c1-9-5-10(7-11(12)6-9)8-13-3-4-14-2/h5-7,13H,3-4,8H2,1-2H3. The summed E-state index contributed by atoms with van der Waals surface area (Å²) in [5.74, 6) is 0. The van der Waals surface area contributed by atoms with Gasteiger partial charge in [-0.25, -0.2) is 0 Å². The summed E-state index contributed by atoms with van der Waals surface area (Å²) in [6.45, 7) is 4.64. The maximum atomic E-state index is 4.96. The van der Waals surface area contributed by atoms with Gasteiger partial charge in [-0.2, -0.15) is 0 Å². The molecule has 0 aliphatic heterocycles. The van der Waals surface area contributed by atoms with Gasteiger partial charge in [0.05, 0.1) is 6.61 Å². The van der Waals surface area contributed by atoms with Gasteiger partial charge in [0, 0.05) is 24.7 Å². The summed E-state index contributed by atoms with van der Waals surface area (Å²) in [6, 6.07) is 6.43. The molecule has 0 aromatic heterocycles. The molecule has 3 heteroatoms. The molecule has 1 aromatic carbocycles. The van der Waals surface area contributed by atoms with Crippen LogP contribution in [-0.2, 0) is 11.3 Å². The number of benzene rings is 1. The fourth-order valence-corrected chi connectivity index (χ4v) is 1.98.